The van der Waals surface area contributed by atoms with Gasteiger partial charge in [0.1, 0.15) is 0 Å². The Kier molecular flexibility index (Phi) is 5.92. The zero-order valence-electron chi connectivity index (χ0n) is 11.4. The molecule has 1 rings (SSSR count). The Hall–Kier alpha value is -0.290. The van der Waals surface area contributed by atoms with Crippen molar-refractivity contribution in [1.29, 1.82) is 0 Å². The average molecular weight is 266 g/mol. The molecule has 0 aromatic carbocycles. The van der Waals surface area contributed by atoms with Gasteiger partial charge in [0.2, 0.25) is 0 Å². The van der Waals surface area contributed by atoms with Gasteiger partial charge in [-0.2, -0.15) is 13.2 Å². The Morgan fingerprint density at radius 2 is 1.78 bits per heavy atom. The van der Waals surface area contributed by atoms with Crippen LogP contribution in [-0.2, 0) is 0 Å². The van der Waals surface area contributed by atoms with Crippen molar-refractivity contribution < 1.29 is 13.2 Å². The van der Waals surface area contributed by atoms with Crippen molar-refractivity contribution in [2.24, 2.45) is 5.41 Å². The van der Waals surface area contributed by atoms with Crippen LogP contribution in [0.4, 0.5) is 13.2 Å². The van der Waals surface area contributed by atoms with Gasteiger partial charge in [-0.1, -0.05) is 13.8 Å². The van der Waals surface area contributed by atoms with Gasteiger partial charge in [-0.3, -0.25) is 4.90 Å². The van der Waals surface area contributed by atoms with Crippen molar-refractivity contribution in [2.45, 2.75) is 45.7 Å². The third kappa shape index (κ3) is 5.14. The van der Waals surface area contributed by atoms with E-state index in [0.717, 1.165) is 38.8 Å². The van der Waals surface area contributed by atoms with E-state index in [-0.39, 0.29) is 5.41 Å². The fourth-order valence-electron chi connectivity index (χ4n) is 2.84. The molecule has 0 aromatic heterocycles. The molecule has 0 radical (unpaired) electrons. The van der Waals surface area contributed by atoms with Crippen LogP contribution in [0.3, 0.4) is 0 Å². The van der Waals surface area contributed by atoms with Crippen molar-refractivity contribution in [1.82, 2.24) is 10.2 Å². The molecule has 1 heterocycles. The molecule has 0 aliphatic carbocycles. The van der Waals surface area contributed by atoms with Gasteiger partial charge in [-0.15, -0.1) is 0 Å². The smallest absolute Gasteiger partial charge is 0.317 e. The van der Waals surface area contributed by atoms with Gasteiger partial charge >= 0.3 is 6.18 Å². The van der Waals surface area contributed by atoms with E-state index >= 15 is 0 Å². The normalized spacial score (nSPS) is 20.3. The van der Waals surface area contributed by atoms with Crippen LogP contribution in [-0.4, -0.2) is 43.8 Å². The first-order valence-electron chi connectivity index (χ1n) is 6.90. The number of nitrogens with zero attached hydrogens (tertiary/aromatic N) is 1. The Morgan fingerprint density at radius 1 is 1.17 bits per heavy atom. The highest BCUT2D eigenvalue weighted by Crippen LogP contribution is 2.34. The summed E-state index contributed by atoms with van der Waals surface area (Å²) in [5.74, 6) is 0. The highest BCUT2D eigenvalue weighted by atomic mass is 19.4. The monoisotopic (exact) mass is 266 g/mol. The topological polar surface area (TPSA) is 15.3 Å². The van der Waals surface area contributed by atoms with Crippen LogP contribution in [0.25, 0.3) is 0 Å². The Balaban J connectivity index is 2.62. The van der Waals surface area contributed by atoms with Gasteiger partial charge in [0.05, 0.1) is 6.54 Å². The molecule has 108 valence electrons. The second-order valence-corrected chi connectivity index (χ2v) is 5.43. The first kappa shape index (κ1) is 15.8. The van der Waals surface area contributed by atoms with E-state index in [2.05, 4.69) is 12.2 Å². The summed E-state index contributed by atoms with van der Waals surface area (Å²) in [4.78, 5) is 1.59. The van der Waals surface area contributed by atoms with Crippen molar-refractivity contribution in [3.05, 3.63) is 0 Å². The van der Waals surface area contributed by atoms with Gasteiger partial charge in [0.25, 0.3) is 0 Å². The molecule has 1 aliphatic heterocycles. The van der Waals surface area contributed by atoms with E-state index in [0.29, 0.717) is 13.1 Å². The Labute approximate surface area is 108 Å². The molecule has 0 aromatic rings. The number of nitrogens with one attached hydrogen (secondary N) is 1. The SMILES string of the molecule is CCCN(CC(F)(F)F)CC1(CC)CCNCC1. The number of piperidine rings is 1. The summed E-state index contributed by atoms with van der Waals surface area (Å²) >= 11 is 0. The second-order valence-electron chi connectivity index (χ2n) is 5.43. The molecule has 0 atom stereocenters. The minimum absolute atomic E-state index is 0.0751. The molecule has 1 saturated heterocycles. The standard InChI is InChI=1S/C13H25F3N2/c1-3-9-18(11-13(14,15)16)10-12(4-2)5-7-17-8-6-12/h17H,3-11H2,1-2H3. The van der Waals surface area contributed by atoms with Crippen LogP contribution in [0.1, 0.15) is 39.5 Å². The fourth-order valence-corrected chi connectivity index (χ4v) is 2.84. The summed E-state index contributed by atoms with van der Waals surface area (Å²) in [7, 11) is 0. The minimum Gasteiger partial charge on any atom is -0.317 e. The van der Waals surface area contributed by atoms with E-state index in [9.17, 15) is 13.2 Å². The van der Waals surface area contributed by atoms with Gasteiger partial charge in [0.15, 0.2) is 0 Å². The van der Waals surface area contributed by atoms with Crippen LogP contribution in [0, 0.1) is 5.41 Å². The molecule has 0 amide bonds. The van der Waals surface area contributed by atoms with E-state index in [4.69, 9.17) is 0 Å². The Bertz CT molecular complexity index is 235. The maximum Gasteiger partial charge on any atom is 0.401 e. The number of rotatable bonds is 6. The zero-order chi connectivity index (χ0) is 13.6. The summed E-state index contributed by atoms with van der Waals surface area (Å²) in [6, 6.07) is 0. The third-order valence-electron chi connectivity index (χ3n) is 3.92. The maximum atomic E-state index is 12.6. The number of alkyl halides is 3. The molecule has 18 heavy (non-hydrogen) atoms. The van der Waals surface area contributed by atoms with Crippen molar-refractivity contribution >= 4 is 0 Å². The molecule has 1 aliphatic rings. The lowest BCUT2D eigenvalue weighted by Crippen LogP contribution is -2.47. The Morgan fingerprint density at radius 3 is 2.22 bits per heavy atom. The van der Waals surface area contributed by atoms with E-state index in [1.807, 2.05) is 6.92 Å². The number of hydrogen-bond donors (Lipinski definition) is 1. The summed E-state index contributed by atoms with van der Waals surface area (Å²) in [5.41, 5.74) is 0.0751. The van der Waals surface area contributed by atoms with Crippen LogP contribution in [0.2, 0.25) is 0 Å². The number of hydrogen-bond acceptors (Lipinski definition) is 2. The largest absolute Gasteiger partial charge is 0.401 e. The van der Waals surface area contributed by atoms with Crippen LogP contribution in [0.5, 0.6) is 0 Å². The minimum atomic E-state index is -4.09. The molecule has 1 fully saturated rings. The number of halogens is 3. The van der Waals surface area contributed by atoms with Crippen molar-refractivity contribution in [3.63, 3.8) is 0 Å². The molecule has 0 unspecified atom stereocenters. The molecule has 0 bridgehead atoms. The highest BCUT2D eigenvalue weighted by molar-refractivity contribution is 4.87. The van der Waals surface area contributed by atoms with Crippen LogP contribution < -0.4 is 5.32 Å². The quantitative estimate of drug-likeness (QED) is 0.795. The maximum absolute atomic E-state index is 12.6. The lowest BCUT2D eigenvalue weighted by Gasteiger charge is -2.41. The lowest BCUT2D eigenvalue weighted by atomic mass is 9.76. The van der Waals surface area contributed by atoms with Crippen molar-refractivity contribution in [3.8, 4) is 0 Å². The van der Waals surface area contributed by atoms with Crippen LogP contribution >= 0.6 is 0 Å². The third-order valence-corrected chi connectivity index (χ3v) is 3.92. The predicted octanol–water partition coefficient (Wildman–Crippen LogP) is 3.04. The molecule has 1 N–H and O–H groups in total. The summed E-state index contributed by atoms with van der Waals surface area (Å²) in [6.45, 7) is 6.25. The average Bonchev–Trinajstić information content (AvgIpc) is 2.28. The van der Waals surface area contributed by atoms with E-state index in [1.165, 1.54) is 0 Å². The van der Waals surface area contributed by atoms with Gasteiger partial charge in [0, 0.05) is 6.54 Å². The fraction of sp³-hybridized carbons (Fsp3) is 1.00. The second kappa shape index (κ2) is 6.75. The summed E-state index contributed by atoms with van der Waals surface area (Å²) in [5, 5.41) is 3.29. The molecular formula is C13H25F3N2. The van der Waals surface area contributed by atoms with E-state index < -0.39 is 12.7 Å². The van der Waals surface area contributed by atoms with E-state index in [1.54, 1.807) is 4.90 Å². The highest BCUT2D eigenvalue weighted by Gasteiger charge is 2.36. The van der Waals surface area contributed by atoms with Crippen molar-refractivity contribution in [2.75, 3.05) is 32.7 Å². The van der Waals surface area contributed by atoms with Gasteiger partial charge in [-0.25, -0.2) is 0 Å². The molecule has 2 nitrogen and oxygen atoms in total. The van der Waals surface area contributed by atoms with Gasteiger partial charge < -0.3 is 5.32 Å². The predicted molar refractivity (Wildman–Crippen MR) is 67.6 cm³/mol. The molecule has 5 heteroatoms. The first-order chi connectivity index (χ1) is 8.41. The zero-order valence-corrected chi connectivity index (χ0v) is 11.4. The van der Waals surface area contributed by atoms with Crippen LogP contribution in [0.15, 0.2) is 0 Å². The lowest BCUT2D eigenvalue weighted by molar-refractivity contribution is -0.149. The molecular weight excluding hydrogens is 241 g/mol. The molecule has 0 spiro atoms. The first-order valence-corrected chi connectivity index (χ1v) is 6.90. The molecule has 0 saturated carbocycles. The van der Waals surface area contributed by atoms with Gasteiger partial charge in [-0.05, 0) is 50.7 Å². The summed E-state index contributed by atoms with van der Waals surface area (Å²) in [6.07, 6.45) is -0.374. The summed E-state index contributed by atoms with van der Waals surface area (Å²) < 4.78 is 37.7.